The fraction of sp³-hybridized carbons (Fsp3) is 0.385. The van der Waals surface area contributed by atoms with Crippen molar-refractivity contribution in [1.82, 2.24) is 4.98 Å². The van der Waals surface area contributed by atoms with Gasteiger partial charge in [-0.15, -0.1) is 0 Å². The van der Waals surface area contributed by atoms with Crippen molar-refractivity contribution in [2.75, 3.05) is 0 Å². The van der Waals surface area contributed by atoms with Gasteiger partial charge in [-0.05, 0) is 47.3 Å². The van der Waals surface area contributed by atoms with E-state index in [-0.39, 0.29) is 11.5 Å². The van der Waals surface area contributed by atoms with Crippen LogP contribution in [0.3, 0.4) is 0 Å². The van der Waals surface area contributed by atoms with Crippen LogP contribution in [0.1, 0.15) is 25.3 Å². The molecule has 1 heterocycles. The zero-order chi connectivity index (χ0) is 11.3. The Labute approximate surface area is 103 Å². The first-order valence-electron chi connectivity index (χ1n) is 5.67. The first kappa shape index (κ1) is 10.4. The van der Waals surface area contributed by atoms with Crippen LogP contribution in [0, 0.1) is 0 Å². The molecule has 1 aliphatic carbocycles. The van der Waals surface area contributed by atoms with Crippen LogP contribution in [-0.2, 0) is 5.41 Å². The van der Waals surface area contributed by atoms with Crippen molar-refractivity contribution < 1.29 is 0 Å². The molecule has 0 aliphatic heterocycles. The number of nitrogens with two attached hydrogens (primary N) is 1. The van der Waals surface area contributed by atoms with Crippen LogP contribution in [0.5, 0.6) is 0 Å². The molecule has 0 amide bonds. The predicted octanol–water partition coefficient (Wildman–Crippen LogP) is 3.31. The number of fused-ring (bicyclic) bond motifs is 1. The van der Waals surface area contributed by atoms with Crippen molar-refractivity contribution in [1.29, 1.82) is 0 Å². The SMILES string of the molecule is CC(N)C1(c2cccc3[nH]cc(Br)c23)CC1. The molecule has 1 aliphatic rings. The maximum Gasteiger partial charge on any atom is 0.0468 e. The zero-order valence-corrected chi connectivity index (χ0v) is 10.8. The summed E-state index contributed by atoms with van der Waals surface area (Å²) in [6.45, 7) is 2.12. The van der Waals surface area contributed by atoms with E-state index in [1.165, 1.54) is 29.3 Å². The molecule has 84 valence electrons. The highest BCUT2D eigenvalue weighted by Gasteiger charge is 2.48. The summed E-state index contributed by atoms with van der Waals surface area (Å²) in [7, 11) is 0. The van der Waals surface area contributed by atoms with Crippen LogP contribution in [0.25, 0.3) is 10.9 Å². The summed E-state index contributed by atoms with van der Waals surface area (Å²) in [5.74, 6) is 0. The quantitative estimate of drug-likeness (QED) is 0.870. The van der Waals surface area contributed by atoms with Crippen molar-refractivity contribution in [3.8, 4) is 0 Å². The number of aromatic nitrogens is 1. The highest BCUT2D eigenvalue weighted by atomic mass is 79.9. The molecule has 1 unspecified atom stereocenters. The lowest BCUT2D eigenvalue weighted by atomic mass is 9.87. The molecule has 3 heteroatoms. The number of hydrogen-bond acceptors (Lipinski definition) is 1. The van der Waals surface area contributed by atoms with Gasteiger partial charge in [0.1, 0.15) is 0 Å². The summed E-state index contributed by atoms with van der Waals surface area (Å²) in [6, 6.07) is 6.67. The molecule has 16 heavy (non-hydrogen) atoms. The molecular weight excluding hydrogens is 264 g/mol. The normalized spacial score (nSPS) is 19.9. The van der Waals surface area contributed by atoms with Gasteiger partial charge < -0.3 is 10.7 Å². The van der Waals surface area contributed by atoms with Crippen molar-refractivity contribution in [2.45, 2.75) is 31.2 Å². The second-order valence-corrected chi connectivity index (χ2v) is 5.66. The second kappa shape index (κ2) is 3.34. The van der Waals surface area contributed by atoms with E-state index in [9.17, 15) is 0 Å². The van der Waals surface area contributed by atoms with Crippen LogP contribution in [0.4, 0.5) is 0 Å². The van der Waals surface area contributed by atoms with Crippen LogP contribution >= 0.6 is 15.9 Å². The number of aromatic amines is 1. The lowest BCUT2D eigenvalue weighted by Gasteiger charge is -2.21. The van der Waals surface area contributed by atoms with Crippen LogP contribution in [0.15, 0.2) is 28.9 Å². The summed E-state index contributed by atoms with van der Waals surface area (Å²) in [5.41, 5.74) is 8.95. The van der Waals surface area contributed by atoms with E-state index < -0.39 is 0 Å². The van der Waals surface area contributed by atoms with E-state index in [4.69, 9.17) is 5.73 Å². The molecule has 1 saturated carbocycles. The molecule has 0 spiro atoms. The minimum absolute atomic E-state index is 0.213. The van der Waals surface area contributed by atoms with Gasteiger partial charge >= 0.3 is 0 Å². The molecule has 3 N–H and O–H groups in total. The van der Waals surface area contributed by atoms with Gasteiger partial charge in [0.05, 0.1) is 0 Å². The number of nitrogens with one attached hydrogen (secondary N) is 1. The highest BCUT2D eigenvalue weighted by molar-refractivity contribution is 9.10. The Morgan fingerprint density at radius 3 is 2.81 bits per heavy atom. The third-order valence-corrected chi connectivity index (χ3v) is 4.48. The largest absolute Gasteiger partial charge is 0.360 e. The highest BCUT2D eigenvalue weighted by Crippen LogP contribution is 2.53. The molecular formula is C13H15BrN2. The topological polar surface area (TPSA) is 41.8 Å². The Morgan fingerprint density at radius 2 is 2.19 bits per heavy atom. The Morgan fingerprint density at radius 1 is 1.44 bits per heavy atom. The van der Waals surface area contributed by atoms with Gasteiger partial charge in [-0.1, -0.05) is 12.1 Å². The van der Waals surface area contributed by atoms with Gasteiger partial charge in [0.25, 0.3) is 0 Å². The fourth-order valence-electron chi connectivity index (χ4n) is 2.66. The Hall–Kier alpha value is -0.800. The molecule has 0 bridgehead atoms. The van der Waals surface area contributed by atoms with Gasteiger partial charge in [-0.2, -0.15) is 0 Å². The Bertz CT molecular complexity index is 538. The van der Waals surface area contributed by atoms with Crippen LogP contribution in [0.2, 0.25) is 0 Å². The monoisotopic (exact) mass is 278 g/mol. The van der Waals surface area contributed by atoms with E-state index in [1.807, 2.05) is 6.20 Å². The second-order valence-electron chi connectivity index (χ2n) is 4.81. The Balaban J connectivity index is 2.28. The minimum Gasteiger partial charge on any atom is -0.360 e. The maximum atomic E-state index is 6.15. The average Bonchev–Trinajstić information content (AvgIpc) is 3.00. The summed E-state index contributed by atoms with van der Waals surface area (Å²) >= 11 is 3.62. The van der Waals surface area contributed by atoms with Crippen LogP contribution < -0.4 is 5.73 Å². The van der Waals surface area contributed by atoms with Crippen molar-refractivity contribution in [3.05, 3.63) is 34.4 Å². The summed E-state index contributed by atoms with van der Waals surface area (Å²) in [5, 5.41) is 1.30. The zero-order valence-electron chi connectivity index (χ0n) is 9.26. The lowest BCUT2D eigenvalue weighted by Crippen LogP contribution is -2.31. The number of rotatable bonds is 2. The standard InChI is InChI=1S/C13H15BrN2/c1-8(15)13(5-6-13)9-3-2-4-11-12(9)10(14)7-16-11/h2-4,7-8,16H,5-6,15H2,1H3. The molecule has 1 aromatic heterocycles. The Kier molecular flexibility index (Phi) is 2.17. The van der Waals surface area contributed by atoms with E-state index >= 15 is 0 Å². The molecule has 3 rings (SSSR count). The number of benzene rings is 1. The van der Waals surface area contributed by atoms with Gasteiger partial charge in [0, 0.05) is 33.0 Å². The van der Waals surface area contributed by atoms with Gasteiger partial charge in [-0.3, -0.25) is 0 Å². The van der Waals surface area contributed by atoms with Crippen molar-refractivity contribution in [3.63, 3.8) is 0 Å². The number of H-pyrrole nitrogens is 1. The van der Waals surface area contributed by atoms with Gasteiger partial charge in [0.2, 0.25) is 0 Å². The van der Waals surface area contributed by atoms with Crippen LogP contribution in [-0.4, -0.2) is 11.0 Å². The van der Waals surface area contributed by atoms with E-state index in [1.54, 1.807) is 0 Å². The van der Waals surface area contributed by atoms with Gasteiger partial charge in [-0.25, -0.2) is 0 Å². The maximum absolute atomic E-state index is 6.15. The summed E-state index contributed by atoms with van der Waals surface area (Å²) < 4.78 is 1.14. The van der Waals surface area contributed by atoms with E-state index in [0.717, 1.165) is 4.47 Å². The molecule has 0 saturated heterocycles. The third-order valence-electron chi connectivity index (χ3n) is 3.85. The van der Waals surface area contributed by atoms with Crippen molar-refractivity contribution >= 4 is 26.8 Å². The van der Waals surface area contributed by atoms with E-state index in [0.29, 0.717) is 0 Å². The third kappa shape index (κ3) is 1.28. The summed E-state index contributed by atoms with van der Waals surface area (Å²) in [6.07, 6.45) is 4.42. The average molecular weight is 279 g/mol. The lowest BCUT2D eigenvalue weighted by molar-refractivity contribution is 0.560. The first-order chi connectivity index (χ1) is 7.65. The van der Waals surface area contributed by atoms with Gasteiger partial charge in [0.15, 0.2) is 0 Å². The molecule has 0 radical (unpaired) electrons. The molecule has 1 atom stereocenters. The molecule has 1 fully saturated rings. The molecule has 2 aromatic rings. The van der Waals surface area contributed by atoms with Crippen molar-refractivity contribution in [2.24, 2.45) is 5.73 Å². The number of halogens is 1. The first-order valence-corrected chi connectivity index (χ1v) is 6.46. The van der Waals surface area contributed by atoms with E-state index in [2.05, 4.69) is 46.0 Å². The molecule has 2 nitrogen and oxygen atoms in total. The smallest absolute Gasteiger partial charge is 0.0468 e. The number of hydrogen-bond donors (Lipinski definition) is 2. The molecule has 1 aromatic carbocycles. The summed E-state index contributed by atoms with van der Waals surface area (Å²) in [4.78, 5) is 3.28. The minimum atomic E-state index is 0.213. The fourth-order valence-corrected chi connectivity index (χ4v) is 3.20. The predicted molar refractivity (Wildman–Crippen MR) is 70.6 cm³/mol.